The highest BCUT2D eigenvalue weighted by atomic mass is 35.5. The number of benzene rings is 1. The zero-order chi connectivity index (χ0) is 11.3. The van der Waals surface area contributed by atoms with Crippen LogP contribution in [0.5, 0.6) is 0 Å². The number of anilines is 1. The van der Waals surface area contributed by atoms with Gasteiger partial charge in [-0.25, -0.2) is 0 Å². The summed E-state index contributed by atoms with van der Waals surface area (Å²) in [6.45, 7) is 2.00. The summed E-state index contributed by atoms with van der Waals surface area (Å²) in [5.41, 5.74) is 7.50. The van der Waals surface area contributed by atoms with Crippen LogP contribution in [-0.4, -0.2) is 30.5 Å². The van der Waals surface area contributed by atoms with Gasteiger partial charge in [-0.1, -0.05) is 17.7 Å². The number of hydrogen-bond acceptors (Lipinski definition) is 3. The molecule has 1 aromatic carbocycles. The lowest BCUT2D eigenvalue weighted by molar-refractivity contribution is 0.349. The van der Waals surface area contributed by atoms with Gasteiger partial charge in [0.25, 0.3) is 0 Å². The van der Waals surface area contributed by atoms with Gasteiger partial charge in [-0.3, -0.25) is 0 Å². The van der Waals surface area contributed by atoms with Gasteiger partial charge in [-0.15, -0.1) is 0 Å². The minimum absolute atomic E-state index is 0.644. The average molecular weight is 245 g/mol. The smallest absolute Gasteiger partial charge is 0.0638 e. The first-order valence-corrected chi connectivity index (χ1v) is 6.62. The Morgan fingerprint density at radius 2 is 2.20 bits per heavy atom. The first-order chi connectivity index (χ1) is 7.13. The van der Waals surface area contributed by atoms with Crippen LogP contribution in [0.3, 0.4) is 0 Å². The fourth-order valence-electron chi connectivity index (χ4n) is 1.31. The van der Waals surface area contributed by atoms with E-state index in [0.29, 0.717) is 10.7 Å². The summed E-state index contributed by atoms with van der Waals surface area (Å²) in [6.07, 6.45) is 2.12. The maximum atomic E-state index is 5.95. The van der Waals surface area contributed by atoms with E-state index in [9.17, 15) is 0 Å². The van der Waals surface area contributed by atoms with Crippen LogP contribution in [0.25, 0.3) is 0 Å². The van der Waals surface area contributed by atoms with Crippen molar-refractivity contribution in [3.63, 3.8) is 0 Å². The molecule has 1 rings (SSSR count). The quantitative estimate of drug-likeness (QED) is 0.808. The van der Waals surface area contributed by atoms with E-state index in [0.717, 1.165) is 18.8 Å². The second-order valence-electron chi connectivity index (χ2n) is 3.59. The molecule has 0 saturated carbocycles. The molecule has 0 aliphatic carbocycles. The van der Waals surface area contributed by atoms with Crippen LogP contribution in [0, 0.1) is 0 Å². The molecule has 0 atom stereocenters. The minimum Gasteiger partial charge on any atom is -0.398 e. The molecule has 84 valence electrons. The SMILES string of the molecule is CSCCN(C)Cc1ccc(N)c(Cl)c1. The van der Waals surface area contributed by atoms with E-state index in [1.54, 1.807) is 0 Å². The molecule has 0 radical (unpaired) electrons. The van der Waals surface area contributed by atoms with Crippen LogP contribution in [0.15, 0.2) is 18.2 Å². The molecule has 2 nitrogen and oxygen atoms in total. The first-order valence-electron chi connectivity index (χ1n) is 4.85. The Labute approximate surface area is 101 Å². The molecule has 0 bridgehead atoms. The maximum Gasteiger partial charge on any atom is 0.0638 e. The van der Waals surface area contributed by atoms with Crippen molar-refractivity contribution in [2.75, 3.05) is 31.3 Å². The van der Waals surface area contributed by atoms with Gasteiger partial charge in [0.05, 0.1) is 10.7 Å². The fourth-order valence-corrected chi connectivity index (χ4v) is 2.00. The normalized spacial score (nSPS) is 10.9. The van der Waals surface area contributed by atoms with Crippen LogP contribution in [0.1, 0.15) is 5.56 Å². The molecule has 0 saturated heterocycles. The Bertz CT molecular complexity index is 317. The van der Waals surface area contributed by atoms with Crippen molar-refractivity contribution in [3.8, 4) is 0 Å². The van der Waals surface area contributed by atoms with Gasteiger partial charge in [-0.05, 0) is 31.0 Å². The summed E-state index contributed by atoms with van der Waals surface area (Å²) in [5.74, 6) is 1.15. The van der Waals surface area contributed by atoms with Crippen molar-refractivity contribution in [2.24, 2.45) is 0 Å². The lowest BCUT2D eigenvalue weighted by atomic mass is 10.2. The molecule has 0 aromatic heterocycles. The Balaban J connectivity index is 2.53. The number of rotatable bonds is 5. The van der Waals surface area contributed by atoms with Gasteiger partial charge in [0.1, 0.15) is 0 Å². The third kappa shape index (κ3) is 4.33. The number of nitrogens with two attached hydrogens (primary N) is 1. The van der Waals surface area contributed by atoms with E-state index in [1.165, 1.54) is 5.56 Å². The Kier molecular flexibility index (Phi) is 5.29. The standard InChI is InChI=1S/C11H17ClN2S/c1-14(5-6-15-2)8-9-3-4-11(13)10(12)7-9/h3-4,7H,5-6,8,13H2,1-2H3. The number of nitrogen functional groups attached to an aromatic ring is 1. The second-order valence-corrected chi connectivity index (χ2v) is 4.98. The van der Waals surface area contributed by atoms with Crippen molar-refractivity contribution >= 4 is 29.1 Å². The van der Waals surface area contributed by atoms with Gasteiger partial charge >= 0.3 is 0 Å². The van der Waals surface area contributed by atoms with Gasteiger partial charge < -0.3 is 10.6 Å². The molecule has 1 aromatic rings. The van der Waals surface area contributed by atoms with Crippen LogP contribution >= 0.6 is 23.4 Å². The molecule has 0 aliphatic rings. The molecular weight excluding hydrogens is 228 g/mol. The van der Waals surface area contributed by atoms with Gasteiger partial charge in [0.15, 0.2) is 0 Å². The van der Waals surface area contributed by atoms with Crippen molar-refractivity contribution in [1.29, 1.82) is 0 Å². The largest absolute Gasteiger partial charge is 0.398 e. The van der Waals surface area contributed by atoms with E-state index in [-0.39, 0.29) is 0 Å². The topological polar surface area (TPSA) is 29.3 Å². The molecule has 15 heavy (non-hydrogen) atoms. The van der Waals surface area contributed by atoms with Crippen molar-refractivity contribution in [3.05, 3.63) is 28.8 Å². The summed E-state index contributed by atoms with van der Waals surface area (Å²) in [6, 6.07) is 5.82. The van der Waals surface area contributed by atoms with E-state index in [1.807, 2.05) is 30.0 Å². The number of hydrogen-bond donors (Lipinski definition) is 1. The molecule has 0 unspecified atom stereocenters. The minimum atomic E-state index is 0.644. The Hall–Kier alpha value is -0.380. The predicted molar refractivity (Wildman–Crippen MR) is 70.6 cm³/mol. The molecule has 0 heterocycles. The van der Waals surface area contributed by atoms with Crippen LogP contribution < -0.4 is 5.73 Å². The highest BCUT2D eigenvalue weighted by Gasteiger charge is 2.02. The lowest BCUT2D eigenvalue weighted by Crippen LogP contribution is -2.20. The van der Waals surface area contributed by atoms with Crippen LogP contribution in [0.4, 0.5) is 5.69 Å². The number of nitrogens with zero attached hydrogens (tertiary/aromatic N) is 1. The summed E-state index contributed by atoms with van der Waals surface area (Å²) in [5, 5.41) is 0.644. The molecule has 4 heteroatoms. The van der Waals surface area contributed by atoms with E-state index in [2.05, 4.69) is 18.2 Å². The zero-order valence-electron chi connectivity index (χ0n) is 9.16. The summed E-state index contributed by atoms with van der Waals surface area (Å²) < 4.78 is 0. The summed E-state index contributed by atoms with van der Waals surface area (Å²) in [7, 11) is 2.11. The number of halogens is 1. The second kappa shape index (κ2) is 6.26. The predicted octanol–water partition coefficient (Wildman–Crippen LogP) is 2.72. The Morgan fingerprint density at radius 3 is 2.80 bits per heavy atom. The first kappa shape index (κ1) is 12.7. The molecule has 0 spiro atoms. The zero-order valence-corrected chi connectivity index (χ0v) is 10.7. The monoisotopic (exact) mass is 244 g/mol. The third-order valence-electron chi connectivity index (χ3n) is 2.19. The fraction of sp³-hybridized carbons (Fsp3) is 0.455. The Morgan fingerprint density at radius 1 is 1.47 bits per heavy atom. The molecule has 0 fully saturated rings. The average Bonchev–Trinajstić information content (AvgIpc) is 2.20. The van der Waals surface area contributed by atoms with E-state index in [4.69, 9.17) is 17.3 Å². The van der Waals surface area contributed by atoms with Crippen molar-refractivity contribution in [2.45, 2.75) is 6.54 Å². The van der Waals surface area contributed by atoms with Gasteiger partial charge in [0, 0.05) is 18.8 Å². The summed E-state index contributed by atoms with van der Waals surface area (Å²) >= 11 is 7.81. The van der Waals surface area contributed by atoms with Crippen molar-refractivity contribution in [1.82, 2.24) is 4.90 Å². The molecule has 0 aliphatic heterocycles. The lowest BCUT2D eigenvalue weighted by Gasteiger charge is -2.16. The number of thioether (sulfide) groups is 1. The molecule has 2 N–H and O–H groups in total. The molecular formula is C11H17ClN2S. The maximum absolute atomic E-state index is 5.95. The van der Waals surface area contributed by atoms with Gasteiger partial charge in [0.2, 0.25) is 0 Å². The van der Waals surface area contributed by atoms with Gasteiger partial charge in [-0.2, -0.15) is 11.8 Å². The highest BCUT2D eigenvalue weighted by Crippen LogP contribution is 2.20. The van der Waals surface area contributed by atoms with Crippen LogP contribution in [-0.2, 0) is 6.54 Å². The van der Waals surface area contributed by atoms with Crippen molar-refractivity contribution < 1.29 is 0 Å². The highest BCUT2D eigenvalue weighted by molar-refractivity contribution is 7.98. The third-order valence-corrected chi connectivity index (χ3v) is 3.11. The summed E-state index contributed by atoms with van der Waals surface area (Å²) in [4.78, 5) is 2.28. The van der Waals surface area contributed by atoms with Crippen LogP contribution in [0.2, 0.25) is 5.02 Å². The van der Waals surface area contributed by atoms with E-state index >= 15 is 0 Å². The molecule has 0 amide bonds. The van der Waals surface area contributed by atoms with E-state index < -0.39 is 0 Å².